The SMILES string of the molecule is CCCCCC(CCC)CC1CC(=O)N(C)C1=O. The van der Waals surface area contributed by atoms with E-state index in [4.69, 9.17) is 0 Å². The van der Waals surface area contributed by atoms with Crippen LogP contribution in [0.2, 0.25) is 0 Å². The molecular weight excluding hydrogens is 226 g/mol. The smallest absolute Gasteiger partial charge is 0.232 e. The predicted octanol–water partition coefficient (Wildman–Crippen LogP) is 3.38. The van der Waals surface area contributed by atoms with Crippen LogP contribution in [-0.2, 0) is 9.59 Å². The minimum Gasteiger partial charge on any atom is -0.285 e. The number of unbranched alkanes of at least 4 members (excludes halogenated alkanes) is 2. The molecule has 104 valence electrons. The molecule has 3 nitrogen and oxygen atoms in total. The maximum atomic E-state index is 11.9. The van der Waals surface area contributed by atoms with Crippen molar-refractivity contribution in [2.75, 3.05) is 7.05 Å². The van der Waals surface area contributed by atoms with Crippen LogP contribution in [0.5, 0.6) is 0 Å². The first-order valence-corrected chi connectivity index (χ1v) is 7.40. The van der Waals surface area contributed by atoms with Gasteiger partial charge in [-0.3, -0.25) is 14.5 Å². The van der Waals surface area contributed by atoms with Crippen molar-refractivity contribution in [1.82, 2.24) is 4.90 Å². The van der Waals surface area contributed by atoms with Crippen LogP contribution in [0.1, 0.15) is 65.2 Å². The molecule has 2 unspecified atom stereocenters. The van der Waals surface area contributed by atoms with Crippen LogP contribution in [0.3, 0.4) is 0 Å². The van der Waals surface area contributed by atoms with Crippen molar-refractivity contribution in [3.8, 4) is 0 Å². The van der Waals surface area contributed by atoms with Gasteiger partial charge in [0, 0.05) is 19.4 Å². The van der Waals surface area contributed by atoms with Crippen molar-refractivity contribution >= 4 is 11.8 Å². The van der Waals surface area contributed by atoms with E-state index in [2.05, 4.69) is 13.8 Å². The zero-order chi connectivity index (χ0) is 13.5. The molecule has 2 atom stereocenters. The Balaban J connectivity index is 2.45. The summed E-state index contributed by atoms with van der Waals surface area (Å²) in [6.07, 6.45) is 8.68. The summed E-state index contributed by atoms with van der Waals surface area (Å²) in [4.78, 5) is 24.7. The summed E-state index contributed by atoms with van der Waals surface area (Å²) in [5, 5.41) is 0. The molecule has 0 aliphatic carbocycles. The van der Waals surface area contributed by atoms with Gasteiger partial charge in [0.15, 0.2) is 0 Å². The van der Waals surface area contributed by atoms with E-state index >= 15 is 0 Å². The first kappa shape index (κ1) is 15.2. The minimum atomic E-state index is -0.0410. The van der Waals surface area contributed by atoms with E-state index in [0.29, 0.717) is 12.3 Å². The highest BCUT2D eigenvalue weighted by Crippen LogP contribution is 2.29. The molecule has 3 heteroatoms. The zero-order valence-electron chi connectivity index (χ0n) is 12.1. The van der Waals surface area contributed by atoms with Crippen LogP contribution in [0.25, 0.3) is 0 Å². The molecule has 0 N–H and O–H groups in total. The molecule has 1 heterocycles. The van der Waals surface area contributed by atoms with Crippen molar-refractivity contribution in [3.05, 3.63) is 0 Å². The van der Waals surface area contributed by atoms with Crippen LogP contribution >= 0.6 is 0 Å². The van der Waals surface area contributed by atoms with Crippen LogP contribution < -0.4 is 0 Å². The van der Waals surface area contributed by atoms with Gasteiger partial charge in [-0.2, -0.15) is 0 Å². The fourth-order valence-corrected chi connectivity index (χ4v) is 2.89. The highest BCUT2D eigenvalue weighted by Gasteiger charge is 2.36. The van der Waals surface area contributed by atoms with E-state index in [9.17, 15) is 9.59 Å². The summed E-state index contributed by atoms with van der Waals surface area (Å²) in [5.74, 6) is 0.612. The standard InChI is InChI=1S/C15H27NO2/c1-4-6-7-9-12(8-5-2)10-13-11-14(17)16(3)15(13)18/h12-13H,4-11H2,1-3H3. The molecule has 0 saturated carbocycles. The van der Waals surface area contributed by atoms with E-state index in [1.54, 1.807) is 7.05 Å². The molecule has 0 aromatic rings. The molecule has 1 fully saturated rings. The summed E-state index contributed by atoms with van der Waals surface area (Å²) < 4.78 is 0. The third kappa shape index (κ3) is 4.11. The molecule has 0 spiro atoms. The third-order valence-electron chi connectivity index (χ3n) is 4.01. The number of nitrogens with zero attached hydrogens (tertiary/aromatic N) is 1. The number of amides is 2. The maximum Gasteiger partial charge on any atom is 0.232 e. The van der Waals surface area contributed by atoms with Gasteiger partial charge in [-0.1, -0.05) is 52.4 Å². The van der Waals surface area contributed by atoms with Crippen molar-refractivity contribution in [2.45, 2.75) is 65.2 Å². The maximum absolute atomic E-state index is 11.9. The largest absolute Gasteiger partial charge is 0.285 e. The average molecular weight is 253 g/mol. The predicted molar refractivity (Wildman–Crippen MR) is 73.0 cm³/mol. The molecule has 18 heavy (non-hydrogen) atoms. The second kappa shape index (κ2) is 7.55. The Morgan fingerprint density at radius 3 is 2.39 bits per heavy atom. The molecule has 0 aromatic heterocycles. The number of imide groups is 1. The number of hydrogen-bond acceptors (Lipinski definition) is 2. The number of rotatable bonds is 8. The lowest BCUT2D eigenvalue weighted by atomic mass is 9.86. The molecule has 0 radical (unpaired) electrons. The molecule has 0 bridgehead atoms. The van der Waals surface area contributed by atoms with E-state index in [1.807, 2.05) is 0 Å². The monoisotopic (exact) mass is 253 g/mol. The number of carbonyl (C=O) groups excluding carboxylic acids is 2. The molecule has 1 aliphatic rings. The number of likely N-dealkylation sites (tertiary alicyclic amines) is 1. The zero-order valence-corrected chi connectivity index (χ0v) is 12.1. The van der Waals surface area contributed by atoms with Gasteiger partial charge in [0.25, 0.3) is 0 Å². The van der Waals surface area contributed by atoms with Gasteiger partial charge in [-0.05, 0) is 12.3 Å². The topological polar surface area (TPSA) is 37.4 Å². The minimum absolute atomic E-state index is 0.00573. The van der Waals surface area contributed by atoms with Gasteiger partial charge in [0.1, 0.15) is 0 Å². The second-order valence-corrected chi connectivity index (χ2v) is 5.58. The lowest BCUT2D eigenvalue weighted by molar-refractivity contribution is -0.137. The van der Waals surface area contributed by atoms with Gasteiger partial charge in [0.05, 0.1) is 0 Å². The Morgan fingerprint density at radius 2 is 1.89 bits per heavy atom. The van der Waals surface area contributed by atoms with Crippen LogP contribution in [-0.4, -0.2) is 23.8 Å². The quantitative estimate of drug-likeness (QED) is 0.491. The van der Waals surface area contributed by atoms with E-state index in [0.717, 1.165) is 6.42 Å². The average Bonchev–Trinajstić information content (AvgIpc) is 2.58. The van der Waals surface area contributed by atoms with E-state index < -0.39 is 0 Å². The van der Waals surface area contributed by atoms with Gasteiger partial charge in [0.2, 0.25) is 11.8 Å². The highest BCUT2D eigenvalue weighted by atomic mass is 16.2. The third-order valence-corrected chi connectivity index (χ3v) is 4.01. The molecule has 1 rings (SSSR count). The van der Waals surface area contributed by atoms with Gasteiger partial charge in [-0.25, -0.2) is 0 Å². The number of carbonyl (C=O) groups is 2. The molecule has 2 amide bonds. The van der Waals surface area contributed by atoms with E-state index in [-0.39, 0.29) is 17.7 Å². The fraction of sp³-hybridized carbons (Fsp3) is 0.867. The van der Waals surface area contributed by atoms with Gasteiger partial charge in [-0.15, -0.1) is 0 Å². The molecule has 1 aliphatic heterocycles. The first-order chi connectivity index (χ1) is 8.60. The molecular formula is C15H27NO2. The van der Waals surface area contributed by atoms with Crippen LogP contribution in [0.15, 0.2) is 0 Å². The summed E-state index contributed by atoms with van der Waals surface area (Å²) in [5.41, 5.74) is 0. The lowest BCUT2D eigenvalue weighted by Crippen LogP contribution is -2.26. The van der Waals surface area contributed by atoms with Gasteiger partial charge < -0.3 is 0 Å². The first-order valence-electron chi connectivity index (χ1n) is 7.40. The van der Waals surface area contributed by atoms with E-state index in [1.165, 1.54) is 43.4 Å². The Hall–Kier alpha value is -0.860. The molecule has 0 aromatic carbocycles. The van der Waals surface area contributed by atoms with Crippen molar-refractivity contribution < 1.29 is 9.59 Å². The summed E-state index contributed by atoms with van der Waals surface area (Å²) in [6, 6.07) is 0. The second-order valence-electron chi connectivity index (χ2n) is 5.58. The van der Waals surface area contributed by atoms with Crippen molar-refractivity contribution in [1.29, 1.82) is 0 Å². The Bertz CT molecular complexity index is 288. The van der Waals surface area contributed by atoms with Gasteiger partial charge >= 0.3 is 0 Å². The lowest BCUT2D eigenvalue weighted by Gasteiger charge is -2.18. The Labute approximate surface area is 111 Å². The number of hydrogen-bond donors (Lipinski definition) is 0. The normalized spacial score (nSPS) is 21.7. The summed E-state index contributed by atoms with van der Waals surface area (Å²) >= 11 is 0. The van der Waals surface area contributed by atoms with Crippen molar-refractivity contribution in [3.63, 3.8) is 0 Å². The Kier molecular flexibility index (Phi) is 6.37. The highest BCUT2D eigenvalue weighted by molar-refractivity contribution is 6.03. The Morgan fingerprint density at radius 1 is 1.17 bits per heavy atom. The fourth-order valence-electron chi connectivity index (χ4n) is 2.89. The van der Waals surface area contributed by atoms with Crippen LogP contribution in [0.4, 0.5) is 0 Å². The summed E-state index contributed by atoms with van der Waals surface area (Å²) in [6.45, 7) is 4.41. The molecule has 1 saturated heterocycles. The summed E-state index contributed by atoms with van der Waals surface area (Å²) in [7, 11) is 1.61. The van der Waals surface area contributed by atoms with Crippen molar-refractivity contribution in [2.24, 2.45) is 11.8 Å². The van der Waals surface area contributed by atoms with Crippen LogP contribution in [0, 0.1) is 11.8 Å².